The Bertz CT molecular complexity index is 289. The van der Waals surface area contributed by atoms with Crippen LogP contribution in [-0.2, 0) is 5.41 Å². The highest BCUT2D eigenvalue weighted by Gasteiger charge is 2.19. The second-order valence-corrected chi connectivity index (χ2v) is 5.21. The van der Waals surface area contributed by atoms with Crippen molar-refractivity contribution >= 4 is 16.7 Å². The van der Waals surface area contributed by atoms with Crippen LogP contribution in [0, 0.1) is 0 Å². The van der Waals surface area contributed by atoms with Crippen molar-refractivity contribution in [3.05, 3.63) is 5.82 Å². The largest absolute Gasteiger partial charge is 0.357 e. The van der Waals surface area contributed by atoms with Gasteiger partial charge in [-0.15, -0.1) is 0 Å². The predicted molar refractivity (Wildman–Crippen MR) is 60.7 cm³/mol. The highest BCUT2D eigenvalue weighted by atomic mass is 32.1. The molecule has 5 heteroatoms. The summed E-state index contributed by atoms with van der Waals surface area (Å²) in [4.78, 5) is 4.41. The second kappa shape index (κ2) is 4.23. The Kier molecular flexibility index (Phi) is 3.44. The van der Waals surface area contributed by atoms with Crippen molar-refractivity contribution in [2.45, 2.75) is 39.2 Å². The van der Waals surface area contributed by atoms with Crippen LogP contribution in [0.1, 0.15) is 33.5 Å². The summed E-state index contributed by atoms with van der Waals surface area (Å²) < 4.78 is 4.30. The molecule has 1 unspecified atom stereocenters. The number of anilines is 1. The molecule has 0 saturated carbocycles. The molecule has 4 nitrogen and oxygen atoms in total. The van der Waals surface area contributed by atoms with Crippen molar-refractivity contribution in [3.63, 3.8) is 0 Å². The lowest BCUT2D eigenvalue weighted by Gasteiger charge is -2.12. The number of nitrogens with one attached hydrogen (secondary N) is 1. The Balaban J connectivity index is 2.69. The molecule has 0 aliphatic carbocycles. The molecule has 0 spiro atoms. The zero-order valence-electron chi connectivity index (χ0n) is 9.16. The number of hydrogen-bond donors (Lipinski definition) is 2. The maximum Gasteiger partial charge on any atom is 0.202 e. The first-order valence-corrected chi connectivity index (χ1v) is 5.51. The van der Waals surface area contributed by atoms with E-state index in [-0.39, 0.29) is 11.5 Å². The quantitative estimate of drug-likeness (QED) is 0.802. The number of hydrogen-bond acceptors (Lipinski definition) is 5. The molecular weight excluding hydrogens is 196 g/mol. The van der Waals surface area contributed by atoms with E-state index in [9.17, 15) is 0 Å². The van der Waals surface area contributed by atoms with Gasteiger partial charge in [0.05, 0.1) is 0 Å². The summed E-state index contributed by atoms with van der Waals surface area (Å²) in [6, 6.07) is 0.246. The average molecular weight is 214 g/mol. The minimum atomic E-state index is 0.0163. The summed E-state index contributed by atoms with van der Waals surface area (Å²) in [6.07, 6.45) is 0. The summed E-state index contributed by atoms with van der Waals surface area (Å²) in [6.45, 7) is 8.93. The Labute approximate surface area is 89.1 Å². The van der Waals surface area contributed by atoms with Crippen LogP contribution in [-0.4, -0.2) is 21.9 Å². The van der Waals surface area contributed by atoms with Crippen LogP contribution < -0.4 is 11.1 Å². The fraction of sp³-hybridized carbons (Fsp3) is 0.778. The Morgan fingerprint density at radius 2 is 2.14 bits per heavy atom. The molecule has 1 rings (SSSR count). The van der Waals surface area contributed by atoms with Crippen molar-refractivity contribution in [1.29, 1.82) is 0 Å². The molecule has 1 atom stereocenters. The Morgan fingerprint density at radius 3 is 2.57 bits per heavy atom. The van der Waals surface area contributed by atoms with Gasteiger partial charge in [-0.1, -0.05) is 20.8 Å². The minimum absolute atomic E-state index is 0.0163. The molecule has 0 radical (unpaired) electrons. The molecule has 1 heterocycles. The van der Waals surface area contributed by atoms with Gasteiger partial charge in [-0.2, -0.15) is 4.37 Å². The van der Waals surface area contributed by atoms with Crippen molar-refractivity contribution in [1.82, 2.24) is 9.36 Å². The molecule has 3 N–H and O–H groups in total. The summed E-state index contributed by atoms with van der Waals surface area (Å²) in [5.41, 5.74) is 5.52. The van der Waals surface area contributed by atoms with Crippen LogP contribution in [0.4, 0.5) is 5.13 Å². The van der Waals surface area contributed by atoms with Gasteiger partial charge in [-0.05, 0) is 6.92 Å². The monoisotopic (exact) mass is 214 g/mol. The third-order valence-electron chi connectivity index (χ3n) is 1.82. The zero-order valence-corrected chi connectivity index (χ0v) is 9.98. The van der Waals surface area contributed by atoms with Gasteiger partial charge in [-0.3, -0.25) is 0 Å². The predicted octanol–water partition coefficient (Wildman–Crippen LogP) is 1.59. The van der Waals surface area contributed by atoms with Crippen LogP contribution in [0.25, 0.3) is 0 Å². The lowest BCUT2D eigenvalue weighted by Crippen LogP contribution is -2.25. The summed E-state index contributed by atoms with van der Waals surface area (Å²) in [5, 5.41) is 4.06. The maximum atomic E-state index is 5.51. The molecule has 0 fully saturated rings. The zero-order chi connectivity index (χ0) is 10.8. The maximum absolute atomic E-state index is 5.51. The SMILES string of the molecule is CC(CN)Nc1nc(C(C)(C)C)ns1. The van der Waals surface area contributed by atoms with Gasteiger partial charge in [0.2, 0.25) is 5.13 Å². The average Bonchev–Trinajstić information content (AvgIpc) is 2.51. The van der Waals surface area contributed by atoms with E-state index in [0.29, 0.717) is 6.54 Å². The van der Waals surface area contributed by atoms with Gasteiger partial charge in [-0.25, -0.2) is 4.98 Å². The first-order valence-electron chi connectivity index (χ1n) is 4.74. The van der Waals surface area contributed by atoms with E-state index in [0.717, 1.165) is 11.0 Å². The van der Waals surface area contributed by atoms with E-state index in [1.54, 1.807) is 0 Å². The van der Waals surface area contributed by atoms with Crippen molar-refractivity contribution in [3.8, 4) is 0 Å². The molecule has 80 valence electrons. The summed E-state index contributed by atoms with van der Waals surface area (Å²) in [7, 11) is 0. The van der Waals surface area contributed by atoms with E-state index in [4.69, 9.17) is 5.73 Å². The molecule has 1 aromatic rings. The number of nitrogens with zero attached hydrogens (tertiary/aromatic N) is 2. The smallest absolute Gasteiger partial charge is 0.202 e. The molecule has 0 aliphatic heterocycles. The molecule has 0 saturated heterocycles. The van der Waals surface area contributed by atoms with Gasteiger partial charge < -0.3 is 11.1 Å². The fourth-order valence-electron chi connectivity index (χ4n) is 0.856. The van der Waals surface area contributed by atoms with Crippen LogP contribution in [0.5, 0.6) is 0 Å². The van der Waals surface area contributed by atoms with Gasteiger partial charge in [0.1, 0.15) is 5.82 Å². The Morgan fingerprint density at radius 1 is 1.50 bits per heavy atom. The van der Waals surface area contributed by atoms with E-state index in [2.05, 4.69) is 35.4 Å². The molecule has 14 heavy (non-hydrogen) atoms. The number of nitrogens with two attached hydrogens (primary N) is 1. The van der Waals surface area contributed by atoms with Gasteiger partial charge in [0.25, 0.3) is 0 Å². The van der Waals surface area contributed by atoms with Crippen LogP contribution >= 0.6 is 11.5 Å². The first-order chi connectivity index (χ1) is 6.43. The van der Waals surface area contributed by atoms with Gasteiger partial charge >= 0.3 is 0 Å². The lowest BCUT2D eigenvalue weighted by molar-refractivity contribution is 0.555. The van der Waals surface area contributed by atoms with Gasteiger partial charge in [0, 0.05) is 29.5 Å². The third kappa shape index (κ3) is 2.92. The molecule has 1 aromatic heterocycles. The van der Waals surface area contributed by atoms with E-state index in [1.807, 2.05) is 6.92 Å². The van der Waals surface area contributed by atoms with Crippen LogP contribution in [0.2, 0.25) is 0 Å². The van der Waals surface area contributed by atoms with E-state index < -0.39 is 0 Å². The molecule has 0 aliphatic rings. The van der Waals surface area contributed by atoms with Gasteiger partial charge in [0.15, 0.2) is 0 Å². The third-order valence-corrected chi connectivity index (χ3v) is 2.47. The molecular formula is C9H18N4S. The normalized spacial score (nSPS) is 14.1. The number of rotatable bonds is 3. The molecule has 0 amide bonds. The lowest BCUT2D eigenvalue weighted by atomic mass is 9.96. The highest BCUT2D eigenvalue weighted by Crippen LogP contribution is 2.23. The topological polar surface area (TPSA) is 63.8 Å². The van der Waals surface area contributed by atoms with E-state index in [1.165, 1.54) is 11.5 Å². The van der Waals surface area contributed by atoms with E-state index >= 15 is 0 Å². The number of aromatic nitrogens is 2. The standard InChI is InChI=1S/C9H18N4S/c1-6(5-10)11-8-12-7(13-14-8)9(2,3)4/h6H,5,10H2,1-4H3,(H,11,12,13). The van der Waals surface area contributed by atoms with Crippen LogP contribution in [0.15, 0.2) is 0 Å². The summed E-state index contributed by atoms with van der Waals surface area (Å²) in [5.74, 6) is 0.884. The molecule has 0 aromatic carbocycles. The summed E-state index contributed by atoms with van der Waals surface area (Å²) >= 11 is 1.39. The van der Waals surface area contributed by atoms with Crippen molar-refractivity contribution in [2.75, 3.05) is 11.9 Å². The molecule has 0 bridgehead atoms. The first kappa shape index (κ1) is 11.4. The van der Waals surface area contributed by atoms with Crippen molar-refractivity contribution in [2.24, 2.45) is 5.73 Å². The van der Waals surface area contributed by atoms with Crippen LogP contribution in [0.3, 0.4) is 0 Å². The fourth-order valence-corrected chi connectivity index (χ4v) is 1.73. The van der Waals surface area contributed by atoms with Crippen molar-refractivity contribution < 1.29 is 0 Å². The second-order valence-electron chi connectivity index (χ2n) is 4.45. The Hall–Kier alpha value is -0.680. The minimum Gasteiger partial charge on any atom is -0.357 e. The highest BCUT2D eigenvalue weighted by molar-refractivity contribution is 7.09.